The SMILES string of the molecule is CC(C)(C)c1ccc(C(=O)Nc2cccc(-c3nc(N)nc(Cc4ccc(Cn5ccccc5=O)cc4)n3)c2CO)cc1. The van der Waals surface area contributed by atoms with Crippen LogP contribution in [0, 0.1) is 0 Å². The number of amides is 1. The third-order valence-corrected chi connectivity index (χ3v) is 7.17. The van der Waals surface area contributed by atoms with E-state index >= 15 is 0 Å². The number of rotatable bonds is 8. The molecule has 4 N–H and O–H groups in total. The van der Waals surface area contributed by atoms with Gasteiger partial charge in [-0.2, -0.15) is 9.97 Å². The number of nitrogen functional groups attached to an aromatic ring is 1. The van der Waals surface area contributed by atoms with E-state index in [2.05, 4.69) is 41.0 Å². The lowest BCUT2D eigenvalue weighted by atomic mass is 9.86. The number of hydrogen-bond acceptors (Lipinski definition) is 7. The molecule has 0 saturated carbocycles. The van der Waals surface area contributed by atoms with Crippen molar-refractivity contribution in [3.8, 4) is 11.4 Å². The molecule has 9 nitrogen and oxygen atoms in total. The molecular weight excluding hydrogens is 540 g/mol. The number of benzene rings is 3. The summed E-state index contributed by atoms with van der Waals surface area (Å²) in [6.45, 7) is 6.48. The smallest absolute Gasteiger partial charge is 0.255 e. The number of carbonyl (C=O) groups is 1. The van der Waals surface area contributed by atoms with E-state index < -0.39 is 0 Å². The van der Waals surface area contributed by atoms with E-state index in [-0.39, 0.29) is 29.4 Å². The minimum atomic E-state index is -0.346. The zero-order valence-corrected chi connectivity index (χ0v) is 24.4. The molecule has 1 amide bonds. The first-order valence-electron chi connectivity index (χ1n) is 14.0. The Bertz CT molecular complexity index is 1810. The third kappa shape index (κ3) is 7.02. The predicted octanol–water partition coefficient (Wildman–Crippen LogP) is 4.96. The molecule has 9 heteroatoms. The fraction of sp³-hybridized carbons (Fsp3) is 0.206. The third-order valence-electron chi connectivity index (χ3n) is 7.17. The summed E-state index contributed by atoms with van der Waals surface area (Å²) in [5.41, 5.74) is 11.1. The largest absolute Gasteiger partial charge is 0.392 e. The molecule has 43 heavy (non-hydrogen) atoms. The Morgan fingerprint density at radius 2 is 1.60 bits per heavy atom. The Hall–Kier alpha value is -5.15. The van der Waals surface area contributed by atoms with E-state index in [1.54, 1.807) is 47.2 Å². The minimum Gasteiger partial charge on any atom is -0.392 e. The van der Waals surface area contributed by atoms with Crippen molar-refractivity contribution >= 4 is 17.5 Å². The Kier molecular flexibility index (Phi) is 8.45. The summed E-state index contributed by atoms with van der Waals surface area (Å²) in [7, 11) is 0. The summed E-state index contributed by atoms with van der Waals surface area (Å²) in [6, 6.07) is 25.7. The van der Waals surface area contributed by atoms with Crippen molar-refractivity contribution < 1.29 is 9.90 Å². The predicted molar refractivity (Wildman–Crippen MR) is 168 cm³/mol. The van der Waals surface area contributed by atoms with Crippen LogP contribution < -0.4 is 16.6 Å². The Labute approximate surface area is 250 Å². The first-order valence-corrected chi connectivity index (χ1v) is 14.0. The molecular formula is C34H34N6O3. The van der Waals surface area contributed by atoms with Gasteiger partial charge in [-0.3, -0.25) is 9.59 Å². The zero-order valence-electron chi connectivity index (χ0n) is 24.4. The molecule has 3 aromatic carbocycles. The Morgan fingerprint density at radius 3 is 2.28 bits per heavy atom. The highest BCUT2D eigenvalue weighted by Crippen LogP contribution is 2.29. The van der Waals surface area contributed by atoms with E-state index in [4.69, 9.17) is 5.73 Å². The highest BCUT2D eigenvalue weighted by molar-refractivity contribution is 6.05. The van der Waals surface area contributed by atoms with Gasteiger partial charge in [-0.1, -0.05) is 75.4 Å². The van der Waals surface area contributed by atoms with Gasteiger partial charge in [-0.05, 0) is 46.4 Å². The van der Waals surface area contributed by atoms with Crippen LogP contribution in [0.2, 0.25) is 0 Å². The maximum Gasteiger partial charge on any atom is 0.255 e. The number of hydrogen-bond donors (Lipinski definition) is 3. The monoisotopic (exact) mass is 574 g/mol. The van der Waals surface area contributed by atoms with Crippen LogP contribution in [0.3, 0.4) is 0 Å². The first kappa shape index (κ1) is 29.3. The second-order valence-corrected chi connectivity index (χ2v) is 11.4. The van der Waals surface area contributed by atoms with Gasteiger partial charge in [0.05, 0.1) is 13.2 Å². The molecule has 218 valence electrons. The summed E-state index contributed by atoms with van der Waals surface area (Å²) < 4.78 is 1.64. The Morgan fingerprint density at radius 1 is 0.884 bits per heavy atom. The molecule has 2 aromatic heterocycles. The number of carbonyl (C=O) groups excluding carboxylic acids is 1. The van der Waals surface area contributed by atoms with Crippen LogP contribution in [-0.2, 0) is 25.0 Å². The lowest BCUT2D eigenvalue weighted by Gasteiger charge is -2.19. The summed E-state index contributed by atoms with van der Waals surface area (Å²) in [6.07, 6.45) is 2.16. The van der Waals surface area contributed by atoms with Crippen LogP contribution in [-0.4, -0.2) is 30.5 Å². The van der Waals surface area contributed by atoms with E-state index in [0.717, 1.165) is 16.7 Å². The van der Waals surface area contributed by atoms with Gasteiger partial charge in [0.1, 0.15) is 5.82 Å². The van der Waals surface area contributed by atoms with Gasteiger partial charge in [0.25, 0.3) is 11.5 Å². The second kappa shape index (κ2) is 12.4. The number of anilines is 2. The van der Waals surface area contributed by atoms with Gasteiger partial charge < -0.3 is 20.7 Å². The zero-order chi connectivity index (χ0) is 30.6. The normalized spacial score (nSPS) is 11.3. The maximum atomic E-state index is 13.1. The quantitative estimate of drug-likeness (QED) is 0.238. The molecule has 0 radical (unpaired) electrons. The molecule has 5 aromatic rings. The average Bonchev–Trinajstić information content (AvgIpc) is 2.98. The van der Waals surface area contributed by atoms with Crippen LogP contribution in [0.25, 0.3) is 11.4 Å². The number of nitrogens with zero attached hydrogens (tertiary/aromatic N) is 4. The van der Waals surface area contributed by atoms with Crippen molar-refractivity contribution in [3.63, 3.8) is 0 Å². The molecule has 2 heterocycles. The van der Waals surface area contributed by atoms with Crippen molar-refractivity contribution in [3.05, 3.63) is 135 Å². The van der Waals surface area contributed by atoms with Crippen molar-refractivity contribution in [2.45, 2.75) is 45.8 Å². The Balaban J connectivity index is 1.36. The first-order chi connectivity index (χ1) is 20.6. The second-order valence-electron chi connectivity index (χ2n) is 11.4. The minimum absolute atomic E-state index is 0.0214. The molecule has 0 fully saturated rings. The summed E-state index contributed by atoms with van der Waals surface area (Å²) >= 11 is 0. The van der Waals surface area contributed by atoms with Crippen molar-refractivity contribution in [2.24, 2.45) is 0 Å². The van der Waals surface area contributed by atoms with Gasteiger partial charge in [0.15, 0.2) is 5.82 Å². The lowest BCUT2D eigenvalue weighted by Crippen LogP contribution is -2.18. The lowest BCUT2D eigenvalue weighted by molar-refractivity contribution is 0.102. The number of aliphatic hydroxyl groups excluding tert-OH is 1. The van der Waals surface area contributed by atoms with Gasteiger partial charge >= 0.3 is 0 Å². The molecule has 0 bridgehead atoms. The van der Waals surface area contributed by atoms with Crippen LogP contribution in [0.5, 0.6) is 0 Å². The molecule has 0 aliphatic rings. The summed E-state index contributed by atoms with van der Waals surface area (Å²) in [4.78, 5) is 38.4. The molecule has 0 atom stereocenters. The number of pyridine rings is 1. The topological polar surface area (TPSA) is 136 Å². The fourth-order valence-electron chi connectivity index (χ4n) is 4.77. The highest BCUT2D eigenvalue weighted by Gasteiger charge is 2.18. The molecule has 0 saturated heterocycles. The van der Waals surface area contributed by atoms with Gasteiger partial charge in [-0.15, -0.1) is 0 Å². The van der Waals surface area contributed by atoms with E-state index in [1.165, 1.54) is 6.07 Å². The molecule has 0 aliphatic heterocycles. The van der Waals surface area contributed by atoms with E-state index in [9.17, 15) is 14.7 Å². The number of aromatic nitrogens is 4. The number of aliphatic hydroxyl groups is 1. The summed E-state index contributed by atoms with van der Waals surface area (Å²) in [5, 5.41) is 13.2. The standard InChI is InChI=1S/C34H34N6O3/c1-34(2,3)25-16-14-24(15-17-25)32(43)36-28-8-6-7-26(27(28)21-41)31-37-29(38-33(35)39-31)19-22-10-12-23(13-11-22)20-40-18-5-4-9-30(40)42/h4-18,41H,19-21H2,1-3H3,(H,36,43)(H2,35,37,38,39). The van der Waals surface area contributed by atoms with Gasteiger partial charge in [-0.25, -0.2) is 4.98 Å². The average molecular weight is 575 g/mol. The van der Waals surface area contributed by atoms with Crippen LogP contribution >= 0.6 is 0 Å². The number of nitrogens with two attached hydrogens (primary N) is 1. The van der Waals surface area contributed by atoms with Crippen molar-refractivity contribution in [1.29, 1.82) is 0 Å². The number of nitrogens with one attached hydrogen (secondary N) is 1. The molecule has 0 aliphatic carbocycles. The summed E-state index contributed by atoms with van der Waals surface area (Å²) in [5.74, 6) is 0.533. The van der Waals surface area contributed by atoms with Crippen molar-refractivity contribution in [2.75, 3.05) is 11.1 Å². The van der Waals surface area contributed by atoms with Crippen LogP contribution in [0.1, 0.15) is 59.2 Å². The maximum absolute atomic E-state index is 13.1. The molecule has 0 unspecified atom stereocenters. The van der Waals surface area contributed by atoms with Gasteiger partial charge in [0, 0.05) is 41.1 Å². The molecule has 5 rings (SSSR count). The van der Waals surface area contributed by atoms with Crippen molar-refractivity contribution in [1.82, 2.24) is 19.5 Å². The van der Waals surface area contributed by atoms with E-state index in [0.29, 0.717) is 47.0 Å². The fourth-order valence-corrected chi connectivity index (χ4v) is 4.77. The highest BCUT2D eigenvalue weighted by atomic mass is 16.3. The van der Waals surface area contributed by atoms with Crippen LogP contribution in [0.15, 0.2) is 95.9 Å². The van der Waals surface area contributed by atoms with Gasteiger partial charge in [0.2, 0.25) is 5.95 Å². The van der Waals surface area contributed by atoms with E-state index in [1.807, 2.05) is 42.5 Å². The van der Waals surface area contributed by atoms with Crippen LogP contribution in [0.4, 0.5) is 11.6 Å². The molecule has 0 spiro atoms.